The number of rotatable bonds is 9. The molecule has 0 fully saturated rings. The molecule has 0 aliphatic heterocycles. The van der Waals surface area contributed by atoms with E-state index in [4.69, 9.17) is 11.6 Å². The fourth-order valence-corrected chi connectivity index (χ4v) is 4.77. The Hall–Kier alpha value is -2.64. The third kappa shape index (κ3) is 5.17. The van der Waals surface area contributed by atoms with E-state index in [1.165, 1.54) is 0 Å². The molecule has 3 aromatic rings. The van der Waals surface area contributed by atoms with E-state index in [9.17, 15) is 13.2 Å². The molecule has 1 heterocycles. The van der Waals surface area contributed by atoms with Crippen LogP contribution < -0.4 is 4.72 Å². The highest BCUT2D eigenvalue weighted by molar-refractivity contribution is 7.92. The number of sulfonamides is 1. The van der Waals surface area contributed by atoms with Crippen LogP contribution in [0, 0.1) is 6.92 Å². The van der Waals surface area contributed by atoms with Crippen LogP contribution in [0.2, 0.25) is 5.02 Å². The average Bonchev–Trinajstić information content (AvgIpc) is 3.07. The Balaban J connectivity index is 1.81. The summed E-state index contributed by atoms with van der Waals surface area (Å²) in [4.78, 5) is 11.2. The zero-order chi connectivity index (χ0) is 22.6. The molecule has 2 aromatic carbocycles. The van der Waals surface area contributed by atoms with Gasteiger partial charge in [0.2, 0.25) is 0 Å². The van der Waals surface area contributed by atoms with Crippen molar-refractivity contribution in [2.24, 2.45) is 0 Å². The molecule has 0 spiro atoms. The van der Waals surface area contributed by atoms with E-state index in [0.717, 1.165) is 47.2 Å². The lowest BCUT2D eigenvalue weighted by Crippen LogP contribution is -2.13. The first-order chi connectivity index (χ1) is 14.8. The predicted octanol–water partition coefficient (Wildman–Crippen LogP) is 4.56. The van der Waals surface area contributed by atoms with Crippen molar-refractivity contribution in [2.75, 3.05) is 4.72 Å². The Bertz CT molecular complexity index is 1190. The maximum Gasteiger partial charge on any atom is 0.261 e. The normalized spacial score (nSPS) is 11.5. The van der Waals surface area contributed by atoms with Crippen LogP contribution in [-0.4, -0.2) is 24.5 Å². The van der Waals surface area contributed by atoms with Crippen molar-refractivity contribution < 1.29 is 13.2 Å². The van der Waals surface area contributed by atoms with Gasteiger partial charge in [-0.25, -0.2) is 8.42 Å². The Kier molecular flexibility index (Phi) is 7.18. The first-order valence-corrected chi connectivity index (χ1v) is 12.0. The first kappa shape index (κ1) is 23.0. The Morgan fingerprint density at radius 3 is 2.39 bits per heavy atom. The summed E-state index contributed by atoms with van der Waals surface area (Å²) < 4.78 is 29.9. The second kappa shape index (κ2) is 9.66. The molecule has 31 heavy (non-hydrogen) atoms. The first-order valence-electron chi connectivity index (χ1n) is 10.2. The summed E-state index contributed by atoms with van der Waals surface area (Å²) >= 11 is 6.09. The minimum atomic E-state index is -3.73. The number of anilines is 1. The number of benzene rings is 2. The summed E-state index contributed by atoms with van der Waals surface area (Å²) in [6.07, 6.45) is 2.80. The van der Waals surface area contributed by atoms with Gasteiger partial charge in [0.1, 0.15) is 6.29 Å². The van der Waals surface area contributed by atoms with Crippen molar-refractivity contribution in [3.63, 3.8) is 0 Å². The number of aldehydes is 1. The van der Waals surface area contributed by atoms with Crippen LogP contribution in [-0.2, 0) is 40.6 Å². The number of carbonyl (C=O) groups excluding carboxylic acids is 1. The van der Waals surface area contributed by atoms with Crippen LogP contribution >= 0.6 is 11.6 Å². The number of aromatic nitrogens is 2. The number of hydrogen-bond acceptors (Lipinski definition) is 4. The van der Waals surface area contributed by atoms with Gasteiger partial charge in [0.15, 0.2) is 0 Å². The van der Waals surface area contributed by atoms with Gasteiger partial charge in [-0.15, -0.1) is 0 Å². The zero-order valence-corrected chi connectivity index (χ0v) is 19.4. The summed E-state index contributed by atoms with van der Waals surface area (Å²) in [7, 11) is -3.73. The lowest BCUT2D eigenvalue weighted by atomic mass is 10.1. The lowest BCUT2D eigenvalue weighted by molar-refractivity contribution is -0.107. The van der Waals surface area contributed by atoms with Crippen molar-refractivity contribution >= 4 is 33.6 Å². The van der Waals surface area contributed by atoms with E-state index >= 15 is 0 Å². The maximum absolute atomic E-state index is 12.7. The minimum Gasteiger partial charge on any atom is -0.303 e. The fourth-order valence-electron chi connectivity index (χ4n) is 3.54. The van der Waals surface area contributed by atoms with Crippen molar-refractivity contribution in [2.45, 2.75) is 51.5 Å². The largest absolute Gasteiger partial charge is 0.303 e. The van der Waals surface area contributed by atoms with Crippen LogP contribution in [0.15, 0.2) is 47.4 Å². The van der Waals surface area contributed by atoms with Crippen LogP contribution in [0.5, 0.6) is 0 Å². The molecule has 8 heteroatoms. The van der Waals surface area contributed by atoms with Crippen molar-refractivity contribution in [3.05, 3.63) is 75.6 Å². The molecule has 0 atom stereocenters. The molecule has 0 aliphatic rings. The van der Waals surface area contributed by atoms with Gasteiger partial charge >= 0.3 is 0 Å². The summed E-state index contributed by atoms with van der Waals surface area (Å²) in [5, 5.41) is 5.17. The molecule has 0 aliphatic carbocycles. The molecular formula is C23H26ClN3O3S. The summed E-state index contributed by atoms with van der Waals surface area (Å²) in [5.41, 5.74) is 5.19. The summed E-state index contributed by atoms with van der Waals surface area (Å²) in [6, 6.07) is 11.8. The number of nitrogens with one attached hydrogen (secondary N) is 1. The van der Waals surface area contributed by atoms with Gasteiger partial charge < -0.3 is 4.79 Å². The number of hydrogen-bond donors (Lipinski definition) is 1. The van der Waals surface area contributed by atoms with Crippen LogP contribution in [0.4, 0.5) is 5.69 Å². The molecule has 0 saturated heterocycles. The predicted molar refractivity (Wildman–Crippen MR) is 123 cm³/mol. The smallest absolute Gasteiger partial charge is 0.261 e. The molecule has 0 bridgehead atoms. The molecule has 0 saturated carbocycles. The van der Waals surface area contributed by atoms with E-state index in [1.807, 2.05) is 25.5 Å². The Labute approximate surface area is 188 Å². The van der Waals surface area contributed by atoms with Crippen LogP contribution in [0.1, 0.15) is 41.9 Å². The number of halogens is 1. The number of carbonyl (C=O) groups is 1. The number of nitrogens with zero attached hydrogens (tertiary/aromatic N) is 2. The van der Waals surface area contributed by atoms with Crippen molar-refractivity contribution in [3.8, 4) is 0 Å². The molecule has 1 N–H and O–H groups in total. The van der Waals surface area contributed by atoms with Crippen LogP contribution in [0.3, 0.4) is 0 Å². The maximum atomic E-state index is 12.7. The lowest BCUT2D eigenvalue weighted by Gasteiger charge is -2.11. The SMILES string of the molecule is CCc1nn(Cc2ccc(S(=O)(=O)Nc3ccc(C)c(Cl)c3)cc2)c(CC)c1CC=O. The Morgan fingerprint density at radius 2 is 1.81 bits per heavy atom. The van der Waals surface area contributed by atoms with Gasteiger partial charge in [-0.3, -0.25) is 9.40 Å². The second-order valence-corrected chi connectivity index (χ2v) is 9.41. The van der Waals surface area contributed by atoms with Crippen molar-refractivity contribution in [1.29, 1.82) is 0 Å². The number of aryl methyl sites for hydroxylation is 2. The molecule has 0 amide bonds. The fraction of sp³-hybridized carbons (Fsp3) is 0.304. The minimum absolute atomic E-state index is 0.167. The van der Waals surface area contributed by atoms with E-state index < -0.39 is 10.0 Å². The molecule has 1 aromatic heterocycles. The van der Waals surface area contributed by atoms with Gasteiger partial charge in [0.05, 0.1) is 22.8 Å². The second-order valence-electron chi connectivity index (χ2n) is 7.32. The standard InChI is InChI=1S/C23H26ClN3O3S/c1-4-22-20(12-13-28)23(5-2)27(25-22)15-17-7-10-19(11-8-17)31(29,30)26-18-9-6-16(3)21(24)14-18/h6-11,13-14,26H,4-5,12,15H2,1-3H3. The molecule has 0 radical (unpaired) electrons. The van der Waals surface area contributed by atoms with Gasteiger partial charge in [0.25, 0.3) is 10.0 Å². The topological polar surface area (TPSA) is 81.1 Å². The molecule has 0 unspecified atom stereocenters. The van der Waals surface area contributed by atoms with Gasteiger partial charge in [-0.1, -0.05) is 43.6 Å². The van der Waals surface area contributed by atoms with E-state index in [1.54, 1.807) is 42.5 Å². The quantitative estimate of drug-likeness (QED) is 0.475. The van der Waals surface area contributed by atoms with E-state index in [0.29, 0.717) is 23.7 Å². The van der Waals surface area contributed by atoms with Gasteiger partial charge in [0, 0.05) is 22.7 Å². The average molecular weight is 460 g/mol. The van der Waals surface area contributed by atoms with Gasteiger partial charge in [-0.05, 0) is 55.2 Å². The zero-order valence-electron chi connectivity index (χ0n) is 17.9. The highest BCUT2D eigenvalue weighted by atomic mass is 35.5. The highest BCUT2D eigenvalue weighted by Crippen LogP contribution is 2.23. The van der Waals surface area contributed by atoms with E-state index in [-0.39, 0.29) is 4.90 Å². The Morgan fingerprint density at radius 1 is 1.10 bits per heavy atom. The van der Waals surface area contributed by atoms with Gasteiger partial charge in [-0.2, -0.15) is 5.10 Å². The molecule has 6 nitrogen and oxygen atoms in total. The van der Waals surface area contributed by atoms with Crippen molar-refractivity contribution in [1.82, 2.24) is 9.78 Å². The summed E-state index contributed by atoms with van der Waals surface area (Å²) in [5.74, 6) is 0. The monoisotopic (exact) mass is 459 g/mol. The third-order valence-corrected chi connectivity index (χ3v) is 7.00. The molecular weight excluding hydrogens is 434 g/mol. The molecule has 164 valence electrons. The summed E-state index contributed by atoms with van der Waals surface area (Å²) in [6.45, 7) is 6.43. The third-order valence-electron chi connectivity index (χ3n) is 5.20. The van der Waals surface area contributed by atoms with Crippen LogP contribution in [0.25, 0.3) is 0 Å². The highest BCUT2D eigenvalue weighted by Gasteiger charge is 2.17. The molecule has 3 rings (SSSR count). The van der Waals surface area contributed by atoms with E-state index in [2.05, 4.69) is 9.82 Å².